The molecule has 1 atom stereocenters. The van der Waals surface area contributed by atoms with Gasteiger partial charge >= 0.3 is 5.97 Å². The zero-order chi connectivity index (χ0) is 13.0. The van der Waals surface area contributed by atoms with Crippen LogP contribution in [-0.4, -0.2) is 35.2 Å². The number of aromatic nitrogens is 1. The van der Waals surface area contributed by atoms with Gasteiger partial charge in [-0.05, 0) is 36.7 Å². The molecule has 18 heavy (non-hydrogen) atoms. The van der Waals surface area contributed by atoms with E-state index in [4.69, 9.17) is 5.11 Å². The second kappa shape index (κ2) is 5.59. The number of rotatable bonds is 4. The minimum absolute atomic E-state index is 0.356. The first-order chi connectivity index (χ1) is 8.65. The van der Waals surface area contributed by atoms with Gasteiger partial charge in [-0.15, -0.1) is 0 Å². The number of carboxylic acids is 1. The van der Waals surface area contributed by atoms with Crippen LogP contribution in [0.2, 0.25) is 0 Å². The first-order valence-electron chi connectivity index (χ1n) is 5.69. The summed E-state index contributed by atoms with van der Waals surface area (Å²) in [5.41, 5.74) is 0.421. The van der Waals surface area contributed by atoms with Crippen LogP contribution in [-0.2, 0) is 4.79 Å². The molecule has 6 heteroatoms. The summed E-state index contributed by atoms with van der Waals surface area (Å²) in [6, 6.07) is 3.69. The van der Waals surface area contributed by atoms with Gasteiger partial charge in [0.1, 0.15) is 5.82 Å². The number of hydrogen-bond acceptors (Lipinski definition) is 4. The third kappa shape index (κ3) is 3.27. The maximum atomic E-state index is 12.8. The summed E-state index contributed by atoms with van der Waals surface area (Å²) in [5, 5.41) is 14.9. The van der Waals surface area contributed by atoms with Gasteiger partial charge < -0.3 is 15.7 Å². The van der Waals surface area contributed by atoms with Crippen LogP contribution in [0.1, 0.15) is 12.0 Å². The number of nitrogens with one attached hydrogen (secondary N) is 2. The smallest absolute Gasteiger partial charge is 0.364 e. The molecule has 2 rings (SSSR count). The van der Waals surface area contributed by atoms with E-state index in [2.05, 4.69) is 15.6 Å². The van der Waals surface area contributed by atoms with E-state index in [0.29, 0.717) is 17.4 Å². The van der Waals surface area contributed by atoms with Crippen molar-refractivity contribution in [2.45, 2.75) is 12.5 Å². The second-order valence-electron chi connectivity index (χ2n) is 4.11. The van der Waals surface area contributed by atoms with E-state index in [-0.39, 0.29) is 0 Å². The summed E-state index contributed by atoms with van der Waals surface area (Å²) >= 11 is 0. The summed E-state index contributed by atoms with van der Waals surface area (Å²) < 4.78 is 12.8. The predicted molar refractivity (Wildman–Crippen MR) is 65.9 cm³/mol. The van der Waals surface area contributed by atoms with Gasteiger partial charge in [0.15, 0.2) is 0 Å². The fourth-order valence-corrected chi connectivity index (χ4v) is 1.77. The van der Waals surface area contributed by atoms with E-state index in [1.165, 1.54) is 6.20 Å². The average Bonchev–Trinajstić information content (AvgIpc) is 2.84. The zero-order valence-corrected chi connectivity index (χ0v) is 9.69. The number of pyridine rings is 1. The van der Waals surface area contributed by atoms with Crippen molar-refractivity contribution in [3.8, 4) is 0 Å². The summed E-state index contributed by atoms with van der Waals surface area (Å²) in [7, 11) is 0. The Balaban J connectivity index is 2.00. The van der Waals surface area contributed by atoms with Gasteiger partial charge in [-0.25, -0.2) is 9.78 Å². The van der Waals surface area contributed by atoms with E-state index in [0.717, 1.165) is 25.6 Å². The van der Waals surface area contributed by atoms with Crippen molar-refractivity contribution >= 4 is 17.9 Å². The van der Waals surface area contributed by atoms with Crippen LogP contribution in [0.15, 0.2) is 24.2 Å². The van der Waals surface area contributed by atoms with E-state index >= 15 is 0 Å². The highest BCUT2D eigenvalue weighted by atomic mass is 19.1. The Kier molecular flexibility index (Phi) is 3.88. The van der Waals surface area contributed by atoms with E-state index in [1.54, 1.807) is 12.1 Å². The van der Waals surface area contributed by atoms with Gasteiger partial charge in [0, 0.05) is 18.8 Å². The third-order valence-corrected chi connectivity index (χ3v) is 2.70. The lowest BCUT2D eigenvalue weighted by Crippen LogP contribution is -2.22. The molecule has 1 aromatic rings. The van der Waals surface area contributed by atoms with Gasteiger partial charge in [0.25, 0.3) is 0 Å². The largest absolute Gasteiger partial charge is 0.476 e. The zero-order valence-electron chi connectivity index (χ0n) is 9.69. The first kappa shape index (κ1) is 12.5. The van der Waals surface area contributed by atoms with Crippen LogP contribution in [0.5, 0.6) is 0 Å². The van der Waals surface area contributed by atoms with Gasteiger partial charge in [-0.2, -0.15) is 4.39 Å². The minimum atomic E-state index is -1.57. The molecule has 1 aromatic heterocycles. The highest BCUT2D eigenvalue weighted by molar-refractivity contribution is 5.89. The van der Waals surface area contributed by atoms with Gasteiger partial charge in [0.05, 0.1) is 0 Å². The standard InChI is InChI=1S/C12H14FN3O2/c13-10(12(17)18)5-8-1-2-11(15-6-8)16-9-3-4-14-7-9/h1-2,5-6,9,14H,3-4,7H2,(H,15,16)(H,17,18)/b10-5-/t9-/m1/s1. The lowest BCUT2D eigenvalue weighted by Gasteiger charge is -2.11. The van der Waals surface area contributed by atoms with Crippen molar-refractivity contribution in [2.24, 2.45) is 0 Å². The molecule has 5 nitrogen and oxygen atoms in total. The topological polar surface area (TPSA) is 74.2 Å². The van der Waals surface area contributed by atoms with Gasteiger partial charge in [-0.3, -0.25) is 0 Å². The van der Waals surface area contributed by atoms with Crippen molar-refractivity contribution in [2.75, 3.05) is 18.4 Å². The maximum Gasteiger partial charge on any atom is 0.364 e. The Morgan fingerprint density at radius 3 is 3.00 bits per heavy atom. The Bertz CT molecular complexity index is 453. The molecule has 96 valence electrons. The number of hydrogen-bond donors (Lipinski definition) is 3. The monoisotopic (exact) mass is 251 g/mol. The molecule has 0 spiro atoms. The predicted octanol–water partition coefficient (Wildman–Crippen LogP) is 1.25. The Morgan fingerprint density at radius 2 is 2.44 bits per heavy atom. The highest BCUT2D eigenvalue weighted by Crippen LogP contribution is 2.12. The second-order valence-corrected chi connectivity index (χ2v) is 4.11. The van der Waals surface area contributed by atoms with Crippen LogP contribution in [0.25, 0.3) is 6.08 Å². The normalized spacial score (nSPS) is 19.8. The van der Waals surface area contributed by atoms with E-state index in [1.807, 2.05) is 0 Å². The molecular formula is C12H14FN3O2. The molecule has 1 aliphatic rings. The van der Waals surface area contributed by atoms with Crippen molar-refractivity contribution in [3.05, 3.63) is 29.7 Å². The molecule has 0 amide bonds. The van der Waals surface area contributed by atoms with Crippen molar-refractivity contribution < 1.29 is 14.3 Å². The number of carboxylic acid groups (broad SMARTS) is 1. The van der Waals surface area contributed by atoms with Crippen molar-refractivity contribution in [1.29, 1.82) is 0 Å². The molecule has 0 aliphatic carbocycles. The molecule has 2 heterocycles. The number of halogens is 1. The number of aliphatic carboxylic acids is 1. The average molecular weight is 251 g/mol. The molecule has 1 saturated heterocycles. The number of carbonyl (C=O) groups is 1. The summed E-state index contributed by atoms with van der Waals surface area (Å²) in [4.78, 5) is 14.4. The Morgan fingerprint density at radius 1 is 1.61 bits per heavy atom. The number of nitrogens with zero attached hydrogens (tertiary/aromatic N) is 1. The van der Waals surface area contributed by atoms with Crippen LogP contribution in [0.4, 0.5) is 10.2 Å². The lowest BCUT2D eigenvalue weighted by atomic mass is 10.2. The summed E-state index contributed by atoms with van der Waals surface area (Å²) in [6.45, 7) is 1.89. The Labute approximate surface area is 104 Å². The van der Waals surface area contributed by atoms with Gasteiger partial charge in [0.2, 0.25) is 5.83 Å². The fraction of sp³-hybridized carbons (Fsp3) is 0.333. The van der Waals surface area contributed by atoms with E-state index < -0.39 is 11.8 Å². The molecule has 0 radical (unpaired) electrons. The summed E-state index contributed by atoms with van der Waals surface area (Å²) in [6.07, 6.45) is 3.42. The molecule has 3 N–H and O–H groups in total. The van der Waals surface area contributed by atoms with Crippen molar-refractivity contribution in [1.82, 2.24) is 10.3 Å². The number of anilines is 1. The summed E-state index contributed by atoms with van der Waals surface area (Å²) in [5.74, 6) is -2.07. The van der Waals surface area contributed by atoms with Crippen LogP contribution < -0.4 is 10.6 Å². The molecule has 0 bridgehead atoms. The van der Waals surface area contributed by atoms with E-state index in [9.17, 15) is 9.18 Å². The molecule has 1 fully saturated rings. The maximum absolute atomic E-state index is 12.8. The molecule has 0 saturated carbocycles. The Hall–Kier alpha value is -1.95. The lowest BCUT2D eigenvalue weighted by molar-refractivity contribution is -0.134. The minimum Gasteiger partial charge on any atom is -0.476 e. The molecule has 0 aromatic carbocycles. The van der Waals surface area contributed by atoms with Crippen LogP contribution >= 0.6 is 0 Å². The quantitative estimate of drug-likeness (QED) is 0.702. The highest BCUT2D eigenvalue weighted by Gasteiger charge is 2.14. The molecular weight excluding hydrogens is 237 g/mol. The van der Waals surface area contributed by atoms with Crippen LogP contribution in [0, 0.1) is 0 Å². The molecule has 1 aliphatic heterocycles. The fourth-order valence-electron chi connectivity index (χ4n) is 1.77. The first-order valence-corrected chi connectivity index (χ1v) is 5.69. The molecule has 0 unspecified atom stereocenters. The van der Waals surface area contributed by atoms with Crippen molar-refractivity contribution in [3.63, 3.8) is 0 Å². The third-order valence-electron chi connectivity index (χ3n) is 2.70. The SMILES string of the molecule is O=C(O)/C(F)=C/c1ccc(N[C@@H]2CCNC2)nc1. The van der Waals surface area contributed by atoms with Gasteiger partial charge in [-0.1, -0.05) is 0 Å². The van der Waals surface area contributed by atoms with Crippen LogP contribution in [0.3, 0.4) is 0 Å².